The highest BCUT2D eigenvalue weighted by atomic mass is 16.5. The predicted octanol–water partition coefficient (Wildman–Crippen LogP) is 2.36. The molecule has 2 rings (SSSR count). The van der Waals surface area contributed by atoms with Crippen LogP contribution in [0.15, 0.2) is 18.2 Å². The number of rotatable bonds is 4. The summed E-state index contributed by atoms with van der Waals surface area (Å²) in [4.78, 5) is 14.2. The molecule has 4 heteroatoms. The third-order valence-corrected chi connectivity index (χ3v) is 4.17. The third kappa shape index (κ3) is 4.23. The maximum Gasteiger partial charge on any atom is 0.222 e. The highest BCUT2D eigenvalue weighted by molar-refractivity contribution is 5.76. The molecular formula is C18H28N2O2. The second-order valence-electron chi connectivity index (χ2n) is 6.92. The number of hydrogen-bond donors (Lipinski definition) is 1. The van der Waals surface area contributed by atoms with Gasteiger partial charge in [0, 0.05) is 32.6 Å². The number of nitrogens with zero attached hydrogens (tertiary/aromatic N) is 1. The molecule has 1 fully saturated rings. The lowest BCUT2D eigenvalue weighted by molar-refractivity contribution is -0.131. The largest absolute Gasteiger partial charge is 0.496 e. The first kappa shape index (κ1) is 16.8. The van der Waals surface area contributed by atoms with Crippen molar-refractivity contribution in [1.82, 2.24) is 10.2 Å². The number of carbonyl (C=O) groups is 1. The fourth-order valence-corrected chi connectivity index (χ4v) is 2.82. The number of ether oxygens (including phenoxy) is 1. The summed E-state index contributed by atoms with van der Waals surface area (Å²) in [5.74, 6) is 1.18. The molecule has 0 unspecified atom stereocenters. The summed E-state index contributed by atoms with van der Waals surface area (Å²) >= 11 is 0. The van der Waals surface area contributed by atoms with Gasteiger partial charge in [-0.25, -0.2) is 0 Å². The topological polar surface area (TPSA) is 41.6 Å². The van der Waals surface area contributed by atoms with Crippen molar-refractivity contribution in [3.63, 3.8) is 0 Å². The zero-order chi connectivity index (χ0) is 16.2. The number of piperazine rings is 1. The predicted molar refractivity (Wildman–Crippen MR) is 89.5 cm³/mol. The first-order valence-electron chi connectivity index (χ1n) is 8.07. The van der Waals surface area contributed by atoms with Crippen molar-refractivity contribution in [2.75, 3.05) is 33.3 Å². The molecule has 1 aromatic rings. The first-order valence-corrected chi connectivity index (χ1v) is 8.07. The van der Waals surface area contributed by atoms with Gasteiger partial charge < -0.3 is 15.0 Å². The standard InChI is InChI=1S/C18H28N2O2/c1-18(2,3)15-13-14(5-7-16(15)22-4)6-8-17(21)20-11-9-19-10-12-20/h5,7,13,19H,6,8-12H2,1-4H3. The Hall–Kier alpha value is -1.55. The minimum atomic E-state index is 0.0316. The fourth-order valence-electron chi connectivity index (χ4n) is 2.82. The summed E-state index contributed by atoms with van der Waals surface area (Å²) in [6.45, 7) is 10.0. The van der Waals surface area contributed by atoms with Gasteiger partial charge in [-0.3, -0.25) is 4.79 Å². The monoisotopic (exact) mass is 304 g/mol. The number of carbonyl (C=O) groups excluding carboxylic acids is 1. The molecule has 22 heavy (non-hydrogen) atoms. The summed E-state index contributed by atoms with van der Waals surface area (Å²) < 4.78 is 5.47. The molecule has 4 nitrogen and oxygen atoms in total. The molecule has 1 saturated heterocycles. The molecule has 1 heterocycles. The molecule has 1 aliphatic rings. The Bertz CT molecular complexity index is 514. The SMILES string of the molecule is COc1ccc(CCC(=O)N2CCNCC2)cc1C(C)(C)C. The van der Waals surface area contributed by atoms with E-state index in [0.717, 1.165) is 38.3 Å². The van der Waals surface area contributed by atoms with Crippen molar-refractivity contribution in [2.24, 2.45) is 0 Å². The zero-order valence-electron chi connectivity index (χ0n) is 14.2. The van der Waals surface area contributed by atoms with Crippen LogP contribution in [0.3, 0.4) is 0 Å². The van der Waals surface area contributed by atoms with Crippen molar-refractivity contribution in [1.29, 1.82) is 0 Å². The van der Waals surface area contributed by atoms with Gasteiger partial charge in [-0.1, -0.05) is 32.9 Å². The Morgan fingerprint density at radius 3 is 2.55 bits per heavy atom. The van der Waals surface area contributed by atoms with Crippen molar-refractivity contribution in [3.8, 4) is 5.75 Å². The normalized spacial score (nSPS) is 15.7. The smallest absolute Gasteiger partial charge is 0.222 e. The van der Waals surface area contributed by atoms with E-state index in [1.807, 2.05) is 11.0 Å². The van der Waals surface area contributed by atoms with Gasteiger partial charge >= 0.3 is 0 Å². The van der Waals surface area contributed by atoms with Crippen LogP contribution in [0, 0.1) is 0 Å². The maximum absolute atomic E-state index is 12.2. The van der Waals surface area contributed by atoms with Gasteiger partial charge in [0.15, 0.2) is 0 Å². The average Bonchev–Trinajstić information content (AvgIpc) is 2.52. The molecule has 1 N–H and O–H groups in total. The Labute approximate surface area is 133 Å². The molecule has 0 atom stereocenters. The molecule has 122 valence electrons. The lowest BCUT2D eigenvalue weighted by atomic mass is 9.85. The van der Waals surface area contributed by atoms with Gasteiger partial charge in [0.05, 0.1) is 7.11 Å². The molecule has 0 aromatic heterocycles. The maximum atomic E-state index is 12.2. The van der Waals surface area contributed by atoms with Crippen molar-refractivity contribution in [3.05, 3.63) is 29.3 Å². The molecule has 0 saturated carbocycles. The van der Waals surface area contributed by atoms with E-state index in [1.165, 1.54) is 11.1 Å². The number of amides is 1. The summed E-state index contributed by atoms with van der Waals surface area (Å²) in [6, 6.07) is 6.27. The molecule has 0 aliphatic carbocycles. The van der Waals surface area contributed by atoms with Crippen LogP contribution in [-0.2, 0) is 16.6 Å². The van der Waals surface area contributed by atoms with Crippen LogP contribution in [0.5, 0.6) is 5.75 Å². The molecule has 1 aromatic carbocycles. The molecule has 0 radical (unpaired) electrons. The summed E-state index contributed by atoms with van der Waals surface area (Å²) in [5, 5.41) is 3.27. The van der Waals surface area contributed by atoms with E-state index in [9.17, 15) is 4.79 Å². The highest BCUT2D eigenvalue weighted by Crippen LogP contribution is 2.32. The van der Waals surface area contributed by atoms with E-state index in [0.29, 0.717) is 6.42 Å². The second-order valence-corrected chi connectivity index (χ2v) is 6.92. The van der Waals surface area contributed by atoms with Gasteiger partial charge in [0.25, 0.3) is 0 Å². The van der Waals surface area contributed by atoms with Crippen molar-refractivity contribution >= 4 is 5.91 Å². The quantitative estimate of drug-likeness (QED) is 0.928. The van der Waals surface area contributed by atoms with Crippen LogP contribution in [0.25, 0.3) is 0 Å². The minimum Gasteiger partial charge on any atom is -0.496 e. The van der Waals surface area contributed by atoms with Crippen LogP contribution < -0.4 is 10.1 Å². The summed E-state index contributed by atoms with van der Waals surface area (Å²) in [5.41, 5.74) is 2.43. The second kappa shape index (κ2) is 7.14. The van der Waals surface area contributed by atoms with Gasteiger partial charge in [0.2, 0.25) is 5.91 Å². The van der Waals surface area contributed by atoms with Crippen LogP contribution in [-0.4, -0.2) is 44.1 Å². The lowest BCUT2D eigenvalue weighted by Crippen LogP contribution is -2.46. The minimum absolute atomic E-state index is 0.0316. The highest BCUT2D eigenvalue weighted by Gasteiger charge is 2.20. The number of hydrogen-bond acceptors (Lipinski definition) is 3. The number of benzene rings is 1. The van der Waals surface area contributed by atoms with E-state index in [2.05, 4.69) is 38.2 Å². The summed E-state index contributed by atoms with van der Waals surface area (Å²) in [6.07, 6.45) is 1.37. The lowest BCUT2D eigenvalue weighted by Gasteiger charge is -2.27. The molecule has 0 spiro atoms. The zero-order valence-corrected chi connectivity index (χ0v) is 14.2. The van der Waals surface area contributed by atoms with E-state index in [-0.39, 0.29) is 11.3 Å². The molecular weight excluding hydrogens is 276 g/mol. The van der Waals surface area contributed by atoms with Crippen molar-refractivity contribution in [2.45, 2.75) is 39.0 Å². The van der Waals surface area contributed by atoms with E-state index in [1.54, 1.807) is 7.11 Å². The van der Waals surface area contributed by atoms with Crippen LogP contribution >= 0.6 is 0 Å². The van der Waals surface area contributed by atoms with E-state index < -0.39 is 0 Å². The van der Waals surface area contributed by atoms with Crippen molar-refractivity contribution < 1.29 is 9.53 Å². The molecule has 1 amide bonds. The third-order valence-electron chi connectivity index (χ3n) is 4.17. The number of aryl methyl sites for hydroxylation is 1. The van der Waals surface area contributed by atoms with Gasteiger partial charge in [-0.05, 0) is 29.0 Å². The van der Waals surface area contributed by atoms with Crippen LogP contribution in [0.2, 0.25) is 0 Å². The van der Waals surface area contributed by atoms with E-state index >= 15 is 0 Å². The molecule has 1 aliphatic heterocycles. The summed E-state index contributed by atoms with van der Waals surface area (Å²) in [7, 11) is 1.71. The average molecular weight is 304 g/mol. The Balaban J connectivity index is 2.02. The molecule has 0 bridgehead atoms. The van der Waals surface area contributed by atoms with Gasteiger partial charge in [-0.2, -0.15) is 0 Å². The number of nitrogens with one attached hydrogen (secondary N) is 1. The Kier molecular flexibility index (Phi) is 5.46. The van der Waals surface area contributed by atoms with Gasteiger partial charge in [-0.15, -0.1) is 0 Å². The fraction of sp³-hybridized carbons (Fsp3) is 0.611. The van der Waals surface area contributed by atoms with Gasteiger partial charge in [0.1, 0.15) is 5.75 Å². The first-order chi connectivity index (χ1) is 10.4. The van der Waals surface area contributed by atoms with Crippen LogP contribution in [0.1, 0.15) is 38.3 Å². The van der Waals surface area contributed by atoms with E-state index in [4.69, 9.17) is 4.74 Å². The Morgan fingerprint density at radius 1 is 1.27 bits per heavy atom. The Morgan fingerprint density at radius 2 is 1.95 bits per heavy atom. The number of methoxy groups -OCH3 is 1. The van der Waals surface area contributed by atoms with Crippen LogP contribution in [0.4, 0.5) is 0 Å².